The van der Waals surface area contributed by atoms with Gasteiger partial charge in [-0.1, -0.05) is 0 Å². The maximum Gasteiger partial charge on any atom is 0.338 e. The Balaban J connectivity index is 1.78. The summed E-state index contributed by atoms with van der Waals surface area (Å²) < 4.78 is 0. The maximum absolute atomic E-state index is 10.6. The summed E-state index contributed by atoms with van der Waals surface area (Å²) in [6.45, 7) is 2.05. The van der Waals surface area contributed by atoms with E-state index in [0.29, 0.717) is 5.95 Å². The molecule has 1 saturated heterocycles. The topological polar surface area (TPSA) is 66.3 Å². The number of hydrogen-bond donors (Lipinski definition) is 1. The van der Waals surface area contributed by atoms with Crippen LogP contribution < -0.4 is 4.90 Å². The van der Waals surface area contributed by atoms with Crippen LogP contribution in [0, 0.1) is 11.8 Å². The van der Waals surface area contributed by atoms with Gasteiger partial charge >= 0.3 is 5.97 Å². The van der Waals surface area contributed by atoms with Crippen LogP contribution in [-0.4, -0.2) is 34.1 Å². The SMILES string of the molecule is O=C(O)c1cnc(N2CC3CC3C2)nc1. The van der Waals surface area contributed by atoms with Crippen molar-refractivity contribution in [3.05, 3.63) is 18.0 Å². The molecule has 15 heavy (non-hydrogen) atoms. The molecular formula is C10H11N3O2. The number of carboxylic acids is 1. The van der Waals surface area contributed by atoms with Crippen LogP contribution in [-0.2, 0) is 0 Å². The van der Waals surface area contributed by atoms with Crippen molar-refractivity contribution >= 4 is 11.9 Å². The first-order valence-corrected chi connectivity index (χ1v) is 5.04. The van der Waals surface area contributed by atoms with Gasteiger partial charge in [0.25, 0.3) is 0 Å². The molecule has 0 aromatic carbocycles. The van der Waals surface area contributed by atoms with E-state index < -0.39 is 5.97 Å². The second-order valence-electron chi connectivity index (χ2n) is 4.24. The van der Waals surface area contributed by atoms with Gasteiger partial charge in [0.2, 0.25) is 5.95 Å². The standard InChI is InChI=1S/C10H11N3O2/c14-9(15)8-2-11-10(12-3-8)13-4-6-1-7(6)5-13/h2-3,6-7H,1,4-5H2,(H,14,15). The molecule has 0 bridgehead atoms. The first-order chi connectivity index (χ1) is 7.24. The van der Waals surface area contributed by atoms with Crippen LogP contribution in [0.25, 0.3) is 0 Å². The van der Waals surface area contributed by atoms with Crippen LogP contribution >= 0.6 is 0 Å². The van der Waals surface area contributed by atoms with Gasteiger partial charge in [-0.2, -0.15) is 0 Å². The van der Waals surface area contributed by atoms with Gasteiger partial charge in [0.15, 0.2) is 0 Å². The summed E-state index contributed by atoms with van der Waals surface area (Å²) in [6, 6.07) is 0. The number of anilines is 1. The first-order valence-electron chi connectivity index (χ1n) is 5.04. The lowest BCUT2D eigenvalue weighted by Gasteiger charge is -2.16. The summed E-state index contributed by atoms with van der Waals surface area (Å²) in [5, 5.41) is 8.70. The van der Waals surface area contributed by atoms with E-state index in [0.717, 1.165) is 24.9 Å². The molecule has 0 spiro atoms. The average molecular weight is 205 g/mol. The zero-order valence-electron chi connectivity index (χ0n) is 8.13. The van der Waals surface area contributed by atoms with Crippen molar-refractivity contribution in [1.82, 2.24) is 9.97 Å². The molecule has 2 fully saturated rings. The van der Waals surface area contributed by atoms with Crippen molar-refractivity contribution in [1.29, 1.82) is 0 Å². The summed E-state index contributed by atoms with van der Waals surface area (Å²) in [5.74, 6) is 1.33. The van der Waals surface area contributed by atoms with E-state index in [1.807, 2.05) is 0 Å². The number of aromatic carboxylic acids is 1. The number of carboxylic acid groups (broad SMARTS) is 1. The molecule has 1 saturated carbocycles. The predicted octanol–water partition coefficient (Wildman–Crippen LogP) is 0.631. The summed E-state index contributed by atoms with van der Waals surface area (Å²) in [5.41, 5.74) is 0.142. The van der Waals surface area contributed by atoms with E-state index in [2.05, 4.69) is 14.9 Å². The molecule has 2 aliphatic rings. The third kappa shape index (κ3) is 1.44. The fourth-order valence-electron chi connectivity index (χ4n) is 2.16. The summed E-state index contributed by atoms with van der Waals surface area (Å²) in [6.07, 6.45) is 4.08. The van der Waals surface area contributed by atoms with E-state index in [-0.39, 0.29) is 5.56 Å². The third-order valence-electron chi connectivity index (χ3n) is 3.15. The minimum Gasteiger partial charge on any atom is -0.478 e. The van der Waals surface area contributed by atoms with E-state index in [9.17, 15) is 4.79 Å². The summed E-state index contributed by atoms with van der Waals surface area (Å²) in [7, 11) is 0. The van der Waals surface area contributed by atoms with Crippen LogP contribution in [0.5, 0.6) is 0 Å². The van der Waals surface area contributed by atoms with E-state index in [1.54, 1.807) is 0 Å². The van der Waals surface area contributed by atoms with Gasteiger partial charge in [0.05, 0.1) is 5.56 Å². The van der Waals surface area contributed by atoms with Gasteiger partial charge in [0, 0.05) is 25.5 Å². The van der Waals surface area contributed by atoms with Gasteiger partial charge in [0.1, 0.15) is 0 Å². The molecule has 5 heteroatoms. The molecule has 2 heterocycles. The number of aromatic nitrogens is 2. The fourth-order valence-corrected chi connectivity index (χ4v) is 2.16. The number of fused-ring (bicyclic) bond motifs is 1. The predicted molar refractivity (Wildman–Crippen MR) is 52.8 cm³/mol. The Morgan fingerprint density at radius 3 is 2.47 bits per heavy atom. The molecular weight excluding hydrogens is 194 g/mol. The smallest absolute Gasteiger partial charge is 0.338 e. The van der Waals surface area contributed by atoms with Crippen LogP contribution in [0.2, 0.25) is 0 Å². The Bertz CT molecular complexity index is 394. The minimum absolute atomic E-state index is 0.142. The lowest BCUT2D eigenvalue weighted by molar-refractivity contribution is 0.0696. The molecule has 3 rings (SSSR count). The first kappa shape index (κ1) is 8.64. The Kier molecular flexibility index (Phi) is 1.68. The third-order valence-corrected chi connectivity index (χ3v) is 3.15. The van der Waals surface area contributed by atoms with E-state index in [1.165, 1.54) is 18.8 Å². The molecule has 2 unspecified atom stereocenters. The Labute approximate surface area is 86.8 Å². The number of piperidine rings is 1. The number of rotatable bonds is 2. The molecule has 1 N–H and O–H groups in total. The Morgan fingerprint density at radius 1 is 1.33 bits per heavy atom. The van der Waals surface area contributed by atoms with Crippen LogP contribution in [0.1, 0.15) is 16.8 Å². The molecule has 0 radical (unpaired) electrons. The largest absolute Gasteiger partial charge is 0.478 e. The minimum atomic E-state index is -0.981. The highest BCUT2D eigenvalue weighted by atomic mass is 16.4. The Morgan fingerprint density at radius 2 is 1.93 bits per heavy atom. The second-order valence-corrected chi connectivity index (χ2v) is 4.24. The summed E-state index contributed by atoms with van der Waals surface area (Å²) in [4.78, 5) is 20.9. The van der Waals surface area contributed by atoms with Crippen molar-refractivity contribution < 1.29 is 9.90 Å². The number of nitrogens with zero attached hydrogens (tertiary/aromatic N) is 3. The molecule has 0 amide bonds. The molecule has 1 aliphatic heterocycles. The molecule has 1 aromatic heterocycles. The Hall–Kier alpha value is -1.65. The van der Waals surface area contributed by atoms with Crippen molar-refractivity contribution in [2.24, 2.45) is 11.8 Å². The molecule has 5 nitrogen and oxygen atoms in total. The highest BCUT2D eigenvalue weighted by Crippen LogP contribution is 2.45. The van der Waals surface area contributed by atoms with E-state index in [4.69, 9.17) is 5.11 Å². The highest BCUT2D eigenvalue weighted by Gasteiger charge is 2.45. The van der Waals surface area contributed by atoms with Crippen molar-refractivity contribution in [3.63, 3.8) is 0 Å². The quantitative estimate of drug-likeness (QED) is 0.767. The second kappa shape index (κ2) is 2.92. The van der Waals surface area contributed by atoms with Crippen molar-refractivity contribution in [3.8, 4) is 0 Å². The lowest BCUT2D eigenvalue weighted by atomic mass is 10.3. The average Bonchev–Trinajstić information content (AvgIpc) is 2.86. The van der Waals surface area contributed by atoms with Crippen LogP contribution in [0.15, 0.2) is 12.4 Å². The maximum atomic E-state index is 10.6. The molecule has 1 aliphatic carbocycles. The number of carbonyl (C=O) groups is 1. The van der Waals surface area contributed by atoms with Crippen LogP contribution in [0.3, 0.4) is 0 Å². The van der Waals surface area contributed by atoms with Gasteiger partial charge in [-0.25, -0.2) is 14.8 Å². The molecule has 78 valence electrons. The van der Waals surface area contributed by atoms with Gasteiger partial charge in [-0.3, -0.25) is 0 Å². The van der Waals surface area contributed by atoms with Gasteiger partial charge in [-0.05, 0) is 18.3 Å². The monoisotopic (exact) mass is 205 g/mol. The van der Waals surface area contributed by atoms with Crippen molar-refractivity contribution in [2.75, 3.05) is 18.0 Å². The zero-order valence-corrected chi connectivity index (χ0v) is 8.13. The zero-order chi connectivity index (χ0) is 10.4. The lowest BCUT2D eigenvalue weighted by Crippen LogP contribution is -2.24. The molecule has 2 atom stereocenters. The van der Waals surface area contributed by atoms with Gasteiger partial charge in [-0.15, -0.1) is 0 Å². The van der Waals surface area contributed by atoms with E-state index >= 15 is 0 Å². The molecule has 1 aromatic rings. The van der Waals surface area contributed by atoms with Gasteiger partial charge < -0.3 is 10.0 Å². The van der Waals surface area contributed by atoms with Crippen LogP contribution in [0.4, 0.5) is 5.95 Å². The van der Waals surface area contributed by atoms with Crippen molar-refractivity contribution in [2.45, 2.75) is 6.42 Å². The normalized spacial score (nSPS) is 27.6. The highest BCUT2D eigenvalue weighted by molar-refractivity contribution is 5.86. The fraction of sp³-hybridized carbons (Fsp3) is 0.500. The number of hydrogen-bond acceptors (Lipinski definition) is 4. The summed E-state index contributed by atoms with van der Waals surface area (Å²) >= 11 is 0.